The molecule has 1 aromatic carbocycles. The molecule has 0 aromatic heterocycles. The maximum Gasteiger partial charge on any atom is 0.253 e. The molecule has 1 amide bonds. The van der Waals surface area contributed by atoms with Gasteiger partial charge in [-0.3, -0.25) is 4.79 Å². The lowest BCUT2D eigenvalue weighted by molar-refractivity contribution is 0.0659. The molecule has 2 heterocycles. The monoisotopic (exact) mass is 303 g/mol. The Kier molecular flexibility index (Phi) is 4.79. The zero-order valence-corrected chi connectivity index (χ0v) is 13.5. The lowest BCUT2D eigenvalue weighted by Gasteiger charge is -2.20. The Morgan fingerprint density at radius 1 is 1.41 bits per heavy atom. The smallest absolute Gasteiger partial charge is 0.253 e. The summed E-state index contributed by atoms with van der Waals surface area (Å²) < 4.78 is 11.4. The van der Waals surface area contributed by atoms with E-state index >= 15 is 0 Å². The number of carbonyl (C=O) groups is 1. The van der Waals surface area contributed by atoms with Crippen molar-refractivity contribution < 1.29 is 14.3 Å². The molecular formula is C18H25NO3. The number of amides is 1. The van der Waals surface area contributed by atoms with Crippen molar-refractivity contribution in [3.05, 3.63) is 35.4 Å². The fourth-order valence-electron chi connectivity index (χ4n) is 3.60. The topological polar surface area (TPSA) is 38.8 Å². The SMILES string of the molecule is CCOCC[C@H]1CO[C@H]2CN(C(=O)c3cccc(C)c3)C[C@@H]12. The highest BCUT2D eigenvalue weighted by atomic mass is 16.5. The standard InChI is InChI=1S/C18H25NO3/c1-3-21-8-7-15-12-22-17-11-19(10-16(15)17)18(20)14-6-4-5-13(2)9-14/h4-6,9,15-17H,3,7-8,10-12H2,1-2H3/t15-,16-,17-/m0/s1. The molecular weight excluding hydrogens is 278 g/mol. The zero-order valence-electron chi connectivity index (χ0n) is 13.5. The van der Waals surface area contributed by atoms with Crippen LogP contribution in [0.2, 0.25) is 0 Å². The molecule has 0 radical (unpaired) electrons. The first-order chi connectivity index (χ1) is 10.7. The van der Waals surface area contributed by atoms with Crippen molar-refractivity contribution in [3.8, 4) is 0 Å². The van der Waals surface area contributed by atoms with Gasteiger partial charge in [-0.15, -0.1) is 0 Å². The molecule has 2 fully saturated rings. The first kappa shape index (κ1) is 15.5. The highest BCUT2D eigenvalue weighted by Crippen LogP contribution is 2.36. The molecule has 0 N–H and O–H groups in total. The van der Waals surface area contributed by atoms with E-state index in [-0.39, 0.29) is 12.0 Å². The summed E-state index contributed by atoms with van der Waals surface area (Å²) >= 11 is 0. The van der Waals surface area contributed by atoms with E-state index in [9.17, 15) is 4.79 Å². The number of hydrogen-bond acceptors (Lipinski definition) is 3. The molecule has 0 spiro atoms. The summed E-state index contributed by atoms with van der Waals surface area (Å²) in [5, 5.41) is 0. The summed E-state index contributed by atoms with van der Waals surface area (Å²) in [5.41, 5.74) is 1.90. The molecule has 2 saturated heterocycles. The summed E-state index contributed by atoms with van der Waals surface area (Å²) in [5.74, 6) is 1.12. The van der Waals surface area contributed by atoms with Gasteiger partial charge in [0.05, 0.1) is 12.7 Å². The predicted molar refractivity (Wildman–Crippen MR) is 84.9 cm³/mol. The van der Waals surface area contributed by atoms with E-state index in [4.69, 9.17) is 9.47 Å². The number of fused-ring (bicyclic) bond motifs is 1. The number of ether oxygens (including phenoxy) is 2. The van der Waals surface area contributed by atoms with E-state index in [1.54, 1.807) is 0 Å². The van der Waals surface area contributed by atoms with Crippen LogP contribution in [0.5, 0.6) is 0 Å². The van der Waals surface area contributed by atoms with Gasteiger partial charge in [0.25, 0.3) is 5.91 Å². The number of likely N-dealkylation sites (tertiary alicyclic amines) is 1. The minimum atomic E-state index is 0.130. The Balaban J connectivity index is 1.61. The number of hydrogen-bond donors (Lipinski definition) is 0. The van der Waals surface area contributed by atoms with Crippen LogP contribution in [0, 0.1) is 18.8 Å². The Morgan fingerprint density at radius 2 is 2.27 bits per heavy atom. The van der Waals surface area contributed by atoms with Crippen molar-refractivity contribution in [2.75, 3.05) is 32.9 Å². The van der Waals surface area contributed by atoms with Crippen LogP contribution in [0.3, 0.4) is 0 Å². The van der Waals surface area contributed by atoms with Crippen molar-refractivity contribution >= 4 is 5.91 Å². The molecule has 1 aromatic rings. The average Bonchev–Trinajstić information content (AvgIpc) is 3.08. The Labute approximate surface area is 132 Å². The third-order valence-electron chi connectivity index (χ3n) is 4.83. The third kappa shape index (κ3) is 3.18. The minimum absolute atomic E-state index is 0.130. The van der Waals surface area contributed by atoms with E-state index < -0.39 is 0 Å². The number of aryl methyl sites for hydroxylation is 1. The van der Waals surface area contributed by atoms with Gasteiger partial charge in [-0.05, 0) is 38.3 Å². The number of carbonyl (C=O) groups excluding carboxylic acids is 1. The van der Waals surface area contributed by atoms with Crippen LogP contribution in [0.1, 0.15) is 29.3 Å². The molecule has 3 rings (SSSR count). The van der Waals surface area contributed by atoms with Crippen molar-refractivity contribution in [1.29, 1.82) is 0 Å². The highest BCUT2D eigenvalue weighted by molar-refractivity contribution is 5.94. The van der Waals surface area contributed by atoms with Crippen LogP contribution in [0.25, 0.3) is 0 Å². The molecule has 2 aliphatic rings. The van der Waals surface area contributed by atoms with Gasteiger partial charge in [-0.2, -0.15) is 0 Å². The van der Waals surface area contributed by atoms with Gasteiger partial charge in [-0.25, -0.2) is 0 Å². The van der Waals surface area contributed by atoms with E-state index in [1.165, 1.54) is 0 Å². The second kappa shape index (κ2) is 6.80. The summed E-state index contributed by atoms with van der Waals surface area (Å²) in [6, 6.07) is 7.82. The summed E-state index contributed by atoms with van der Waals surface area (Å²) in [6.07, 6.45) is 1.24. The Bertz CT molecular complexity index is 531. The van der Waals surface area contributed by atoms with Crippen LogP contribution in [0.4, 0.5) is 0 Å². The molecule has 0 unspecified atom stereocenters. The summed E-state index contributed by atoms with van der Waals surface area (Å²) in [6.45, 7) is 7.94. The van der Waals surface area contributed by atoms with E-state index in [0.29, 0.717) is 11.8 Å². The molecule has 0 aliphatic carbocycles. The maximum absolute atomic E-state index is 12.6. The largest absolute Gasteiger partial charge is 0.382 e. The highest BCUT2D eigenvalue weighted by Gasteiger charge is 2.44. The van der Waals surface area contributed by atoms with Gasteiger partial charge in [0, 0.05) is 37.8 Å². The van der Waals surface area contributed by atoms with Crippen molar-refractivity contribution in [2.24, 2.45) is 11.8 Å². The van der Waals surface area contributed by atoms with Crippen LogP contribution < -0.4 is 0 Å². The van der Waals surface area contributed by atoms with Crippen LogP contribution in [-0.4, -0.2) is 49.8 Å². The number of benzene rings is 1. The van der Waals surface area contributed by atoms with Gasteiger partial charge in [0.2, 0.25) is 0 Å². The zero-order chi connectivity index (χ0) is 15.5. The quantitative estimate of drug-likeness (QED) is 0.785. The molecule has 4 nitrogen and oxygen atoms in total. The van der Waals surface area contributed by atoms with Gasteiger partial charge in [-0.1, -0.05) is 17.7 Å². The third-order valence-corrected chi connectivity index (χ3v) is 4.83. The first-order valence-electron chi connectivity index (χ1n) is 8.24. The lowest BCUT2D eigenvalue weighted by Crippen LogP contribution is -2.31. The summed E-state index contributed by atoms with van der Waals surface area (Å²) in [4.78, 5) is 14.6. The second-order valence-corrected chi connectivity index (χ2v) is 6.36. The van der Waals surface area contributed by atoms with E-state index in [2.05, 4.69) is 0 Å². The van der Waals surface area contributed by atoms with Crippen molar-refractivity contribution in [3.63, 3.8) is 0 Å². The predicted octanol–water partition coefficient (Wildman–Crippen LogP) is 2.51. The number of nitrogens with zero attached hydrogens (tertiary/aromatic N) is 1. The van der Waals surface area contributed by atoms with Crippen LogP contribution >= 0.6 is 0 Å². The fourth-order valence-corrected chi connectivity index (χ4v) is 3.60. The van der Waals surface area contributed by atoms with Crippen molar-refractivity contribution in [2.45, 2.75) is 26.4 Å². The molecule has 22 heavy (non-hydrogen) atoms. The van der Waals surface area contributed by atoms with Crippen LogP contribution in [-0.2, 0) is 9.47 Å². The van der Waals surface area contributed by atoms with E-state index in [0.717, 1.165) is 50.5 Å². The Morgan fingerprint density at radius 3 is 3.05 bits per heavy atom. The Hall–Kier alpha value is -1.39. The van der Waals surface area contributed by atoms with Gasteiger partial charge in [0.1, 0.15) is 0 Å². The first-order valence-corrected chi connectivity index (χ1v) is 8.24. The maximum atomic E-state index is 12.6. The molecule has 0 bridgehead atoms. The molecule has 3 atom stereocenters. The summed E-state index contributed by atoms with van der Waals surface area (Å²) in [7, 11) is 0. The lowest BCUT2D eigenvalue weighted by atomic mass is 9.91. The molecule has 2 aliphatic heterocycles. The average molecular weight is 303 g/mol. The van der Waals surface area contributed by atoms with E-state index in [1.807, 2.05) is 43.0 Å². The number of rotatable bonds is 5. The molecule has 4 heteroatoms. The minimum Gasteiger partial charge on any atom is -0.382 e. The fraction of sp³-hybridized carbons (Fsp3) is 0.611. The van der Waals surface area contributed by atoms with Gasteiger partial charge in [0.15, 0.2) is 0 Å². The van der Waals surface area contributed by atoms with Crippen LogP contribution in [0.15, 0.2) is 24.3 Å². The molecule has 0 saturated carbocycles. The van der Waals surface area contributed by atoms with Gasteiger partial charge >= 0.3 is 0 Å². The second-order valence-electron chi connectivity index (χ2n) is 6.36. The molecule has 120 valence electrons. The van der Waals surface area contributed by atoms with Gasteiger partial charge < -0.3 is 14.4 Å². The normalized spacial score (nSPS) is 27.2. The van der Waals surface area contributed by atoms with Crippen molar-refractivity contribution in [1.82, 2.24) is 4.90 Å².